The van der Waals surface area contributed by atoms with Crippen LogP contribution in [0.15, 0.2) is 102 Å². The first-order chi connectivity index (χ1) is 16.8. The molecule has 180 valence electrons. The maximum atomic E-state index is 13.4. The van der Waals surface area contributed by atoms with Gasteiger partial charge in [-0.1, -0.05) is 67.2 Å². The van der Waals surface area contributed by atoms with Crippen LogP contribution in [0.3, 0.4) is 0 Å². The molecule has 0 unspecified atom stereocenters. The van der Waals surface area contributed by atoms with Crippen LogP contribution in [0.25, 0.3) is 10.8 Å². The number of rotatable bonds is 8. The summed E-state index contributed by atoms with van der Waals surface area (Å²) in [5.74, 6) is -1.13. The van der Waals surface area contributed by atoms with E-state index in [1.807, 2.05) is 30.3 Å². The Balaban J connectivity index is 1.54. The van der Waals surface area contributed by atoms with Crippen molar-refractivity contribution in [2.45, 2.75) is 38.3 Å². The molecule has 1 aliphatic heterocycles. The summed E-state index contributed by atoms with van der Waals surface area (Å²) in [6.07, 6.45) is 2.97. The number of aliphatic carboxylic acids is 1. The van der Waals surface area contributed by atoms with Gasteiger partial charge in [0, 0.05) is 24.1 Å². The highest BCUT2D eigenvalue weighted by molar-refractivity contribution is 5.90. The first kappa shape index (κ1) is 24.4. The molecule has 3 aromatic carbocycles. The predicted molar refractivity (Wildman–Crippen MR) is 138 cm³/mol. The zero-order valence-electron chi connectivity index (χ0n) is 20.0. The fourth-order valence-corrected chi connectivity index (χ4v) is 4.70. The number of para-hydroxylation sites is 1. The highest BCUT2D eigenvalue weighted by Crippen LogP contribution is 2.40. The SMILES string of the molecule is C=C(/C=C(\C=C(/C)F)C(=O)O)[C@@H]1C[C@H](CN[C@H](C)c2cccc3ccccc23)Oc2ccccc21. The van der Waals surface area contributed by atoms with Crippen LogP contribution >= 0.6 is 0 Å². The number of hydrogen-bond acceptors (Lipinski definition) is 3. The number of carbonyl (C=O) groups is 1. The Hall–Kier alpha value is -3.70. The molecule has 4 rings (SSSR count). The molecule has 0 aliphatic carbocycles. The van der Waals surface area contributed by atoms with Gasteiger partial charge in [-0.05, 0) is 60.4 Å². The number of nitrogens with one attached hydrogen (secondary N) is 1. The molecule has 3 atom stereocenters. The Labute approximate surface area is 205 Å². The molecule has 3 aromatic rings. The normalized spacial score (nSPS) is 19.1. The van der Waals surface area contributed by atoms with Gasteiger partial charge in [0.2, 0.25) is 0 Å². The maximum Gasteiger partial charge on any atom is 0.335 e. The largest absolute Gasteiger partial charge is 0.489 e. The van der Waals surface area contributed by atoms with Gasteiger partial charge in [0.1, 0.15) is 11.9 Å². The van der Waals surface area contributed by atoms with Crippen LogP contribution in [0.4, 0.5) is 4.39 Å². The third-order valence-electron chi connectivity index (χ3n) is 6.42. The van der Waals surface area contributed by atoms with Gasteiger partial charge in [0.25, 0.3) is 0 Å². The Morgan fingerprint density at radius 1 is 1.14 bits per heavy atom. The van der Waals surface area contributed by atoms with E-state index in [0.29, 0.717) is 18.5 Å². The fraction of sp³-hybridized carbons (Fsp3) is 0.233. The van der Waals surface area contributed by atoms with Gasteiger partial charge in [0.15, 0.2) is 0 Å². The van der Waals surface area contributed by atoms with E-state index < -0.39 is 11.8 Å². The second-order valence-corrected chi connectivity index (χ2v) is 8.98. The van der Waals surface area contributed by atoms with E-state index in [0.717, 1.165) is 17.4 Å². The average molecular weight is 472 g/mol. The quantitative estimate of drug-likeness (QED) is 0.278. The van der Waals surface area contributed by atoms with E-state index >= 15 is 0 Å². The van der Waals surface area contributed by atoms with Gasteiger partial charge >= 0.3 is 5.97 Å². The van der Waals surface area contributed by atoms with Crippen molar-refractivity contribution in [2.75, 3.05) is 6.54 Å². The first-order valence-electron chi connectivity index (χ1n) is 11.8. The molecule has 1 aliphatic rings. The highest BCUT2D eigenvalue weighted by Gasteiger charge is 2.30. The average Bonchev–Trinajstić information content (AvgIpc) is 2.85. The molecule has 35 heavy (non-hydrogen) atoms. The molecular formula is C30H30FNO3. The summed E-state index contributed by atoms with van der Waals surface area (Å²) in [5, 5.41) is 15.5. The zero-order chi connectivity index (χ0) is 24.9. The molecule has 0 fully saturated rings. The van der Waals surface area contributed by atoms with Gasteiger partial charge in [-0.2, -0.15) is 0 Å². The number of halogens is 1. The minimum atomic E-state index is -1.19. The van der Waals surface area contributed by atoms with Crippen molar-refractivity contribution in [1.29, 1.82) is 0 Å². The lowest BCUT2D eigenvalue weighted by molar-refractivity contribution is -0.132. The molecule has 2 N–H and O–H groups in total. The molecule has 1 heterocycles. The van der Waals surface area contributed by atoms with E-state index in [-0.39, 0.29) is 23.6 Å². The van der Waals surface area contributed by atoms with Crippen LogP contribution < -0.4 is 10.1 Å². The standard InChI is InChI=1S/C30H30FNO3/c1-19(15-23(30(33)34)16-20(2)31)28-17-24(35-29-14-7-6-12-27(28)29)18-32-21(3)25-13-8-10-22-9-4-5-11-26(22)25/h4-16,21,24,28,32H,1,17-18H2,2-3H3,(H,33,34)/b20-16+,23-15+/t21-,24-,28+/m1/s1. The Kier molecular flexibility index (Phi) is 7.47. The topological polar surface area (TPSA) is 58.6 Å². The molecule has 0 saturated heterocycles. The van der Waals surface area contributed by atoms with Crippen LogP contribution in [-0.4, -0.2) is 23.7 Å². The first-order valence-corrected chi connectivity index (χ1v) is 11.8. The van der Waals surface area contributed by atoms with Gasteiger partial charge in [-0.25, -0.2) is 9.18 Å². The Morgan fingerprint density at radius 3 is 2.63 bits per heavy atom. The molecule has 0 radical (unpaired) electrons. The van der Waals surface area contributed by atoms with Crippen LogP contribution in [0.2, 0.25) is 0 Å². The number of carboxylic acid groups (broad SMARTS) is 1. The molecule has 0 bridgehead atoms. The summed E-state index contributed by atoms with van der Waals surface area (Å²) < 4.78 is 19.7. The maximum absolute atomic E-state index is 13.4. The number of allylic oxidation sites excluding steroid dienone is 3. The van der Waals surface area contributed by atoms with E-state index in [4.69, 9.17) is 4.74 Å². The lowest BCUT2D eigenvalue weighted by atomic mass is 9.83. The summed E-state index contributed by atoms with van der Waals surface area (Å²) in [5.41, 5.74) is 2.67. The molecule has 0 saturated carbocycles. The van der Waals surface area contributed by atoms with Crippen LogP contribution in [0.5, 0.6) is 5.75 Å². The number of ether oxygens (including phenoxy) is 1. The van der Waals surface area contributed by atoms with Crippen LogP contribution in [-0.2, 0) is 4.79 Å². The summed E-state index contributed by atoms with van der Waals surface area (Å²) in [6, 6.07) is 22.5. The van der Waals surface area contributed by atoms with Crippen molar-refractivity contribution < 1.29 is 19.0 Å². The molecule has 4 nitrogen and oxygen atoms in total. The summed E-state index contributed by atoms with van der Waals surface area (Å²) in [4.78, 5) is 11.6. The van der Waals surface area contributed by atoms with Crippen molar-refractivity contribution in [3.8, 4) is 5.75 Å². The highest BCUT2D eigenvalue weighted by atomic mass is 19.1. The van der Waals surface area contributed by atoms with E-state index in [9.17, 15) is 14.3 Å². The molecule has 0 amide bonds. The molecule has 0 aromatic heterocycles. The van der Waals surface area contributed by atoms with Crippen molar-refractivity contribution in [3.63, 3.8) is 0 Å². The van der Waals surface area contributed by atoms with Gasteiger partial charge in [0.05, 0.1) is 11.4 Å². The van der Waals surface area contributed by atoms with Crippen molar-refractivity contribution >= 4 is 16.7 Å². The van der Waals surface area contributed by atoms with Crippen LogP contribution in [0, 0.1) is 0 Å². The summed E-state index contributed by atoms with van der Waals surface area (Å²) in [7, 11) is 0. The summed E-state index contributed by atoms with van der Waals surface area (Å²) >= 11 is 0. The minimum Gasteiger partial charge on any atom is -0.489 e. The predicted octanol–water partition coefficient (Wildman–Crippen LogP) is 6.87. The number of hydrogen-bond donors (Lipinski definition) is 2. The van der Waals surface area contributed by atoms with E-state index in [1.165, 1.54) is 29.3 Å². The van der Waals surface area contributed by atoms with Crippen LogP contribution in [0.1, 0.15) is 43.4 Å². The monoisotopic (exact) mass is 471 g/mol. The van der Waals surface area contributed by atoms with Crippen molar-refractivity contribution in [3.05, 3.63) is 114 Å². The van der Waals surface area contributed by atoms with Crippen molar-refractivity contribution in [1.82, 2.24) is 5.32 Å². The molecular weight excluding hydrogens is 441 g/mol. The fourth-order valence-electron chi connectivity index (χ4n) is 4.70. The number of carboxylic acids is 1. The van der Waals surface area contributed by atoms with Gasteiger partial charge in [-0.3, -0.25) is 0 Å². The minimum absolute atomic E-state index is 0.111. The Bertz CT molecular complexity index is 1300. The lowest BCUT2D eigenvalue weighted by Crippen LogP contribution is -2.37. The smallest absolute Gasteiger partial charge is 0.335 e. The van der Waals surface area contributed by atoms with Gasteiger partial charge < -0.3 is 15.2 Å². The van der Waals surface area contributed by atoms with E-state index in [2.05, 4.69) is 55.2 Å². The number of fused-ring (bicyclic) bond motifs is 2. The van der Waals surface area contributed by atoms with E-state index in [1.54, 1.807) is 0 Å². The third-order valence-corrected chi connectivity index (χ3v) is 6.42. The summed E-state index contributed by atoms with van der Waals surface area (Å²) in [6.45, 7) is 8.13. The van der Waals surface area contributed by atoms with Crippen molar-refractivity contribution in [2.24, 2.45) is 0 Å². The second-order valence-electron chi connectivity index (χ2n) is 8.98. The number of benzene rings is 3. The Morgan fingerprint density at radius 2 is 1.86 bits per heavy atom. The lowest BCUT2D eigenvalue weighted by Gasteiger charge is -2.33. The molecule has 5 heteroatoms. The zero-order valence-corrected chi connectivity index (χ0v) is 20.0. The second kappa shape index (κ2) is 10.7. The molecule has 0 spiro atoms. The third kappa shape index (κ3) is 5.69. The van der Waals surface area contributed by atoms with Gasteiger partial charge in [-0.15, -0.1) is 0 Å².